The van der Waals surface area contributed by atoms with E-state index in [1.54, 1.807) is 6.92 Å². The predicted octanol–water partition coefficient (Wildman–Crippen LogP) is 1.23. The quantitative estimate of drug-likeness (QED) is 0.358. The van der Waals surface area contributed by atoms with Gasteiger partial charge in [-0.15, -0.1) is 0 Å². The molecule has 0 aromatic rings. The summed E-state index contributed by atoms with van der Waals surface area (Å²) in [4.78, 5) is 9.96. The van der Waals surface area contributed by atoms with Gasteiger partial charge in [-0.05, 0) is 21.7 Å². The number of allylic oxidation sites excluding steroid dienone is 1. The van der Waals surface area contributed by atoms with Crippen molar-refractivity contribution in [3.63, 3.8) is 0 Å². The topological polar surface area (TPSA) is 17.1 Å². The lowest BCUT2D eigenvalue weighted by molar-refractivity contribution is -0.107. The van der Waals surface area contributed by atoms with Crippen LogP contribution in [-0.2, 0) is 4.79 Å². The van der Waals surface area contributed by atoms with Gasteiger partial charge in [0.25, 0.3) is 0 Å². The molecule has 0 aliphatic carbocycles. The monoisotopic (exact) mass is 101 g/mol. The largest absolute Gasteiger partial charge is 0.289 e. The van der Waals surface area contributed by atoms with Crippen LogP contribution < -0.4 is 0 Å². The molecule has 0 aliphatic heterocycles. The van der Waals surface area contributed by atoms with Crippen molar-refractivity contribution in [1.29, 1.82) is 0 Å². The summed E-state index contributed by atoms with van der Waals surface area (Å²) in [6, 6.07) is 0. The van der Waals surface area contributed by atoms with Crippen LogP contribution in [0.2, 0.25) is 0 Å². The second-order valence-electron chi connectivity index (χ2n) is 1.11. The highest BCUT2D eigenvalue weighted by Gasteiger charge is 1.86. The van der Waals surface area contributed by atoms with Crippen LogP contribution in [0.4, 0.5) is 0 Å². The van der Waals surface area contributed by atoms with Crippen LogP contribution >= 0.6 is 9.24 Å². The molecule has 2 heteroatoms. The molecule has 0 atom stereocenters. The lowest BCUT2D eigenvalue weighted by atomic mass is 10.4. The molecule has 33 valence electrons. The van der Waals surface area contributed by atoms with Crippen molar-refractivity contribution in [3.05, 3.63) is 12.2 Å². The average molecular weight is 101 g/mol. The van der Waals surface area contributed by atoms with Gasteiger partial charge in [0.2, 0.25) is 0 Å². The molecule has 0 aromatic heterocycles. The average Bonchev–Trinajstić information content (AvgIpc) is 1.36. The number of carbonyl (C=O) groups excluding carboxylic acids is 1. The summed E-state index contributed by atoms with van der Waals surface area (Å²) in [5.74, 6) is 0. The first-order chi connectivity index (χ1) is 2.64. The van der Waals surface area contributed by atoms with Gasteiger partial charge in [0.05, 0.1) is 0 Å². The van der Waals surface area contributed by atoms with E-state index in [1.165, 1.54) is 0 Å². The first-order valence-corrected chi connectivity index (χ1v) is 2.06. The van der Waals surface area contributed by atoms with Gasteiger partial charge in [-0.3, -0.25) is 4.79 Å². The second-order valence-corrected chi connectivity index (χ2v) is 1.56. The fraction of sp³-hybridized carbons (Fsp3) is 0.250. The van der Waals surface area contributed by atoms with E-state index in [2.05, 4.69) is 15.8 Å². The van der Waals surface area contributed by atoms with E-state index in [9.17, 15) is 4.79 Å². The molecule has 0 saturated carbocycles. The Bertz CT molecular complexity index is 73.5. The molecular formula is C4H6OP. The second kappa shape index (κ2) is 2.09. The molecule has 0 aromatic carbocycles. The molecule has 6 heavy (non-hydrogen) atoms. The molecule has 0 fully saturated rings. The number of carbonyl (C=O) groups is 1. The standard InChI is InChI=1S/C4H6OP/c1-3(2)4(5)6/h6H,1H2,2H3. The highest BCUT2D eigenvalue weighted by molar-refractivity contribution is 7.41. The highest BCUT2D eigenvalue weighted by atomic mass is 31.0. The van der Waals surface area contributed by atoms with Crippen LogP contribution in [0.15, 0.2) is 12.2 Å². The third-order valence-electron chi connectivity index (χ3n) is 0.388. The Kier molecular flexibility index (Phi) is 2.04. The molecule has 0 spiro atoms. The predicted molar refractivity (Wildman–Crippen MR) is 28.1 cm³/mol. The maximum absolute atomic E-state index is 9.96. The molecule has 0 heterocycles. The van der Waals surface area contributed by atoms with Crippen LogP contribution in [0.3, 0.4) is 0 Å². The van der Waals surface area contributed by atoms with Gasteiger partial charge in [-0.25, -0.2) is 0 Å². The van der Waals surface area contributed by atoms with Gasteiger partial charge >= 0.3 is 0 Å². The molecule has 0 saturated heterocycles. The highest BCUT2D eigenvalue weighted by Crippen LogP contribution is 1.94. The Balaban J connectivity index is 3.57. The Labute approximate surface area is 39.6 Å². The van der Waals surface area contributed by atoms with Crippen LogP contribution in [0.25, 0.3) is 0 Å². The maximum Gasteiger partial charge on any atom is 0.180 e. The molecule has 0 unspecified atom stereocenters. The molecule has 0 rings (SSSR count). The zero-order valence-electron chi connectivity index (χ0n) is 3.62. The number of hydrogen-bond donors (Lipinski definition) is 0. The first kappa shape index (κ1) is 5.84. The molecule has 0 amide bonds. The Morgan fingerprint density at radius 1 is 1.83 bits per heavy atom. The molecule has 0 N–H and O–H groups in total. The summed E-state index contributed by atoms with van der Waals surface area (Å²) in [6.07, 6.45) is 0. The van der Waals surface area contributed by atoms with Crippen LogP contribution in [0, 0.1) is 0 Å². The van der Waals surface area contributed by atoms with E-state index >= 15 is 0 Å². The first-order valence-electron chi connectivity index (χ1n) is 1.56. The van der Waals surface area contributed by atoms with Gasteiger partial charge in [0.15, 0.2) is 5.52 Å². The third-order valence-corrected chi connectivity index (χ3v) is 0.814. The fourth-order valence-corrected chi connectivity index (χ4v) is 0. The van der Waals surface area contributed by atoms with E-state index in [0.717, 1.165) is 0 Å². The molecule has 0 aliphatic rings. The van der Waals surface area contributed by atoms with Crippen molar-refractivity contribution in [2.24, 2.45) is 0 Å². The van der Waals surface area contributed by atoms with Gasteiger partial charge < -0.3 is 0 Å². The minimum absolute atomic E-state index is 0.130. The molecule has 1 nitrogen and oxygen atoms in total. The van der Waals surface area contributed by atoms with E-state index in [-0.39, 0.29) is 5.52 Å². The summed E-state index contributed by atoms with van der Waals surface area (Å²) < 4.78 is 0. The zero-order chi connectivity index (χ0) is 5.15. The Morgan fingerprint density at radius 2 is 2.00 bits per heavy atom. The van der Waals surface area contributed by atoms with E-state index in [0.29, 0.717) is 5.57 Å². The van der Waals surface area contributed by atoms with Gasteiger partial charge in [0, 0.05) is 0 Å². The van der Waals surface area contributed by atoms with Crippen molar-refractivity contribution in [2.75, 3.05) is 0 Å². The van der Waals surface area contributed by atoms with Gasteiger partial charge in [-0.1, -0.05) is 6.58 Å². The Hall–Kier alpha value is -0.160. The van der Waals surface area contributed by atoms with Crippen LogP contribution in [-0.4, -0.2) is 5.52 Å². The van der Waals surface area contributed by atoms with Crippen molar-refractivity contribution in [2.45, 2.75) is 6.92 Å². The fourth-order valence-electron chi connectivity index (χ4n) is 0. The van der Waals surface area contributed by atoms with E-state index in [1.807, 2.05) is 0 Å². The summed E-state index contributed by atoms with van der Waals surface area (Å²) in [5.41, 5.74) is 0.404. The van der Waals surface area contributed by atoms with Gasteiger partial charge in [-0.2, -0.15) is 0 Å². The maximum atomic E-state index is 9.96. The normalized spacial score (nSPS) is 7.67. The minimum Gasteiger partial charge on any atom is -0.289 e. The minimum atomic E-state index is -0.130. The molecular weight excluding hydrogens is 95.0 g/mol. The van der Waals surface area contributed by atoms with Crippen LogP contribution in [0.5, 0.6) is 0 Å². The van der Waals surface area contributed by atoms with Crippen molar-refractivity contribution < 1.29 is 4.79 Å². The number of rotatable bonds is 1. The summed E-state index contributed by atoms with van der Waals surface area (Å²) in [7, 11) is 2.74. The summed E-state index contributed by atoms with van der Waals surface area (Å²) in [5, 5.41) is 0. The smallest absolute Gasteiger partial charge is 0.180 e. The molecule has 1 radical (unpaired) electrons. The third kappa shape index (κ3) is 2.10. The van der Waals surface area contributed by atoms with Crippen LogP contribution in [0.1, 0.15) is 6.92 Å². The lowest BCUT2D eigenvalue weighted by Crippen LogP contribution is -1.80. The number of hydrogen-bond acceptors (Lipinski definition) is 1. The van der Waals surface area contributed by atoms with E-state index in [4.69, 9.17) is 0 Å². The van der Waals surface area contributed by atoms with Crippen molar-refractivity contribution in [1.82, 2.24) is 0 Å². The Morgan fingerprint density at radius 3 is 2.00 bits per heavy atom. The zero-order valence-corrected chi connectivity index (χ0v) is 4.62. The summed E-state index contributed by atoms with van der Waals surface area (Å²) in [6.45, 7) is 5.00. The van der Waals surface area contributed by atoms with Gasteiger partial charge in [0.1, 0.15) is 0 Å². The molecule has 0 bridgehead atoms. The van der Waals surface area contributed by atoms with Crippen molar-refractivity contribution in [3.8, 4) is 0 Å². The lowest BCUT2D eigenvalue weighted by Gasteiger charge is -1.79. The summed E-state index contributed by atoms with van der Waals surface area (Å²) >= 11 is 0. The van der Waals surface area contributed by atoms with E-state index < -0.39 is 0 Å². The SMILES string of the molecule is C=C(C)C(=O)[PH]. The van der Waals surface area contributed by atoms with Crippen molar-refractivity contribution >= 4 is 14.8 Å².